The molecule has 1 aromatic carbocycles. The zero-order valence-electron chi connectivity index (χ0n) is 15.1. The highest BCUT2D eigenvalue weighted by Crippen LogP contribution is 2.25. The van der Waals surface area contributed by atoms with Gasteiger partial charge in [0, 0.05) is 23.7 Å². The van der Waals surface area contributed by atoms with Gasteiger partial charge in [0.1, 0.15) is 5.75 Å². The maximum absolute atomic E-state index is 11.7. The lowest BCUT2D eigenvalue weighted by Crippen LogP contribution is -2.43. The summed E-state index contributed by atoms with van der Waals surface area (Å²) >= 11 is 0. The number of carbonyl (C=O) groups is 1. The molecule has 0 aliphatic carbocycles. The van der Waals surface area contributed by atoms with Crippen LogP contribution < -0.4 is 10.1 Å². The minimum atomic E-state index is 0. The van der Waals surface area contributed by atoms with E-state index in [1.165, 1.54) is 12.8 Å². The van der Waals surface area contributed by atoms with E-state index in [0.29, 0.717) is 12.6 Å². The van der Waals surface area contributed by atoms with Crippen LogP contribution in [0.5, 0.6) is 5.75 Å². The quantitative estimate of drug-likeness (QED) is 0.723. The Kier molecular flexibility index (Phi) is 9.34. The summed E-state index contributed by atoms with van der Waals surface area (Å²) in [4.78, 5) is 14.3. The Bertz CT molecular complexity index is 516. The highest BCUT2D eigenvalue weighted by atomic mass is 35.5. The van der Waals surface area contributed by atoms with E-state index in [1.54, 1.807) is 6.92 Å². The van der Waals surface area contributed by atoms with Crippen molar-refractivity contribution in [2.75, 3.05) is 26.2 Å². The van der Waals surface area contributed by atoms with Gasteiger partial charge >= 0.3 is 0 Å². The maximum atomic E-state index is 11.7. The Balaban J connectivity index is 0.00000288. The molecular weight excluding hydrogens is 324 g/mol. The highest BCUT2D eigenvalue weighted by molar-refractivity contribution is 5.94. The van der Waals surface area contributed by atoms with Gasteiger partial charge in [-0.05, 0) is 70.9 Å². The molecule has 1 fully saturated rings. The number of Topliss-reactive ketones (excluding diaryl/α,β-unsaturated/α-hetero) is 1. The molecule has 5 heteroatoms. The van der Waals surface area contributed by atoms with E-state index < -0.39 is 0 Å². The predicted molar refractivity (Wildman–Crippen MR) is 101 cm³/mol. The number of benzene rings is 1. The van der Waals surface area contributed by atoms with Crippen molar-refractivity contribution < 1.29 is 9.53 Å². The summed E-state index contributed by atoms with van der Waals surface area (Å²) in [6.07, 6.45) is 3.52. The normalized spacial score (nSPS) is 15.2. The van der Waals surface area contributed by atoms with E-state index >= 15 is 0 Å². The zero-order valence-corrected chi connectivity index (χ0v) is 16.0. The van der Waals surface area contributed by atoms with Crippen molar-refractivity contribution in [2.24, 2.45) is 0 Å². The van der Waals surface area contributed by atoms with Gasteiger partial charge in [-0.25, -0.2) is 0 Å². The number of hydrogen-bond donors (Lipinski definition) is 1. The zero-order chi connectivity index (χ0) is 16.7. The standard InChI is InChI=1S/C19H30N2O2.ClH/c1-4-12-21(18-8-10-20-11-9-18)14-17-13-16(15(3)22)6-7-19(17)23-5-2;/h6-7,13,18,20H,4-5,8-12,14H2,1-3H3;1H. The number of piperidine rings is 1. The fourth-order valence-corrected chi connectivity index (χ4v) is 3.29. The van der Waals surface area contributed by atoms with Crippen LogP contribution in [0.15, 0.2) is 18.2 Å². The van der Waals surface area contributed by atoms with Crippen LogP contribution >= 0.6 is 12.4 Å². The van der Waals surface area contributed by atoms with Crippen LogP contribution in [0, 0.1) is 0 Å². The second-order valence-corrected chi connectivity index (χ2v) is 6.26. The van der Waals surface area contributed by atoms with E-state index in [-0.39, 0.29) is 18.2 Å². The smallest absolute Gasteiger partial charge is 0.159 e. The molecule has 0 bridgehead atoms. The van der Waals surface area contributed by atoms with E-state index in [2.05, 4.69) is 17.1 Å². The molecular formula is C19H31ClN2O2. The predicted octanol–water partition coefficient (Wildman–Crippen LogP) is 3.67. The summed E-state index contributed by atoms with van der Waals surface area (Å²) in [5.41, 5.74) is 1.90. The maximum Gasteiger partial charge on any atom is 0.159 e. The van der Waals surface area contributed by atoms with Crippen molar-refractivity contribution in [2.45, 2.75) is 52.6 Å². The molecule has 0 atom stereocenters. The van der Waals surface area contributed by atoms with Gasteiger partial charge in [0.2, 0.25) is 0 Å². The second-order valence-electron chi connectivity index (χ2n) is 6.26. The third kappa shape index (κ3) is 5.76. The van der Waals surface area contributed by atoms with Crippen molar-refractivity contribution in [3.8, 4) is 5.75 Å². The molecule has 1 aliphatic rings. The van der Waals surface area contributed by atoms with Crippen LogP contribution in [0.25, 0.3) is 0 Å². The number of ketones is 1. The van der Waals surface area contributed by atoms with E-state index in [0.717, 1.165) is 49.5 Å². The Morgan fingerprint density at radius 2 is 2.00 bits per heavy atom. The van der Waals surface area contributed by atoms with Gasteiger partial charge in [0.05, 0.1) is 6.61 Å². The first kappa shape index (κ1) is 20.9. The summed E-state index contributed by atoms with van der Waals surface area (Å²) in [5, 5.41) is 3.44. The van der Waals surface area contributed by atoms with Gasteiger partial charge in [-0.1, -0.05) is 6.92 Å². The van der Waals surface area contributed by atoms with Crippen molar-refractivity contribution in [3.05, 3.63) is 29.3 Å². The number of nitrogens with one attached hydrogen (secondary N) is 1. The average Bonchev–Trinajstić information content (AvgIpc) is 2.56. The van der Waals surface area contributed by atoms with Crippen LogP contribution in [0.4, 0.5) is 0 Å². The number of hydrogen-bond acceptors (Lipinski definition) is 4. The van der Waals surface area contributed by atoms with Crippen molar-refractivity contribution in [1.82, 2.24) is 10.2 Å². The van der Waals surface area contributed by atoms with Crippen molar-refractivity contribution in [3.63, 3.8) is 0 Å². The van der Waals surface area contributed by atoms with Gasteiger partial charge in [-0.2, -0.15) is 0 Å². The lowest BCUT2D eigenvalue weighted by Gasteiger charge is -2.35. The Morgan fingerprint density at radius 3 is 2.58 bits per heavy atom. The minimum Gasteiger partial charge on any atom is -0.494 e. The Hall–Kier alpha value is -1.10. The molecule has 1 aliphatic heterocycles. The van der Waals surface area contributed by atoms with Crippen LogP contribution in [-0.4, -0.2) is 43.0 Å². The summed E-state index contributed by atoms with van der Waals surface area (Å²) in [5.74, 6) is 1.02. The lowest BCUT2D eigenvalue weighted by molar-refractivity contribution is 0.101. The summed E-state index contributed by atoms with van der Waals surface area (Å²) in [7, 11) is 0. The molecule has 2 rings (SSSR count). The van der Waals surface area contributed by atoms with E-state index in [1.807, 2.05) is 25.1 Å². The molecule has 0 spiro atoms. The molecule has 1 saturated heterocycles. The molecule has 136 valence electrons. The highest BCUT2D eigenvalue weighted by Gasteiger charge is 2.22. The monoisotopic (exact) mass is 354 g/mol. The first-order valence-corrected chi connectivity index (χ1v) is 8.87. The first-order chi connectivity index (χ1) is 11.2. The number of halogens is 1. The molecule has 4 nitrogen and oxygen atoms in total. The summed E-state index contributed by atoms with van der Waals surface area (Å²) < 4.78 is 5.79. The van der Waals surface area contributed by atoms with Gasteiger partial charge in [0.25, 0.3) is 0 Å². The van der Waals surface area contributed by atoms with Crippen LogP contribution in [0.1, 0.15) is 56.0 Å². The van der Waals surface area contributed by atoms with Crippen molar-refractivity contribution >= 4 is 18.2 Å². The SMILES string of the molecule is CCCN(Cc1cc(C(C)=O)ccc1OCC)C1CCNCC1.Cl. The van der Waals surface area contributed by atoms with Crippen molar-refractivity contribution in [1.29, 1.82) is 0 Å². The molecule has 1 heterocycles. The molecule has 0 unspecified atom stereocenters. The fraction of sp³-hybridized carbons (Fsp3) is 0.632. The van der Waals surface area contributed by atoms with E-state index in [9.17, 15) is 4.79 Å². The number of rotatable bonds is 8. The molecule has 1 N–H and O–H groups in total. The molecule has 24 heavy (non-hydrogen) atoms. The van der Waals surface area contributed by atoms with Crippen LogP contribution in [0.3, 0.4) is 0 Å². The van der Waals surface area contributed by atoms with Gasteiger partial charge < -0.3 is 10.1 Å². The number of nitrogens with zero attached hydrogens (tertiary/aromatic N) is 1. The second kappa shape index (κ2) is 10.7. The number of carbonyl (C=O) groups excluding carboxylic acids is 1. The topological polar surface area (TPSA) is 41.6 Å². The largest absolute Gasteiger partial charge is 0.494 e. The first-order valence-electron chi connectivity index (χ1n) is 8.87. The summed E-state index contributed by atoms with van der Waals surface area (Å²) in [6, 6.07) is 6.44. The van der Waals surface area contributed by atoms with E-state index in [4.69, 9.17) is 4.74 Å². The minimum absolute atomic E-state index is 0. The van der Waals surface area contributed by atoms with Gasteiger partial charge in [-0.15, -0.1) is 12.4 Å². The Labute approximate surface area is 152 Å². The Morgan fingerprint density at radius 1 is 1.29 bits per heavy atom. The average molecular weight is 355 g/mol. The molecule has 1 aromatic rings. The van der Waals surface area contributed by atoms with Gasteiger partial charge in [-0.3, -0.25) is 9.69 Å². The molecule has 0 radical (unpaired) electrons. The molecule has 0 saturated carbocycles. The number of ether oxygens (including phenoxy) is 1. The van der Waals surface area contributed by atoms with Gasteiger partial charge in [0.15, 0.2) is 5.78 Å². The lowest BCUT2D eigenvalue weighted by atomic mass is 10.0. The molecule has 0 aromatic heterocycles. The summed E-state index contributed by atoms with van der Waals surface area (Å²) in [6.45, 7) is 10.6. The van der Waals surface area contributed by atoms with Crippen LogP contribution in [0.2, 0.25) is 0 Å². The van der Waals surface area contributed by atoms with Crippen LogP contribution in [-0.2, 0) is 6.54 Å². The fourth-order valence-electron chi connectivity index (χ4n) is 3.29. The third-order valence-corrected chi connectivity index (χ3v) is 4.48. The third-order valence-electron chi connectivity index (χ3n) is 4.48. The molecule has 0 amide bonds.